The van der Waals surface area contributed by atoms with E-state index in [4.69, 9.17) is 10.5 Å². The molecule has 0 saturated carbocycles. The highest BCUT2D eigenvalue weighted by molar-refractivity contribution is 5.78. The molecule has 8 heteroatoms. The number of nitrogens with zero attached hydrogens (tertiary/aromatic N) is 4. The van der Waals surface area contributed by atoms with Crippen molar-refractivity contribution in [3.8, 4) is 0 Å². The van der Waals surface area contributed by atoms with Gasteiger partial charge in [-0.05, 0) is 12.8 Å². The highest BCUT2D eigenvalue weighted by atomic mass is 16.5. The second-order valence-corrected chi connectivity index (χ2v) is 4.50. The number of carbonyl (C=O) groups excluding carboxylic acids is 2. The van der Waals surface area contributed by atoms with E-state index >= 15 is 0 Å². The maximum atomic E-state index is 12.1. The van der Waals surface area contributed by atoms with Crippen LogP contribution >= 0.6 is 0 Å². The molecule has 1 atom stereocenters. The number of hydrogen-bond donors (Lipinski definition) is 1. The van der Waals surface area contributed by atoms with E-state index in [9.17, 15) is 9.59 Å². The molecule has 1 amide bonds. The first kappa shape index (κ1) is 13.3. The first-order valence-corrected chi connectivity index (χ1v) is 6.11. The van der Waals surface area contributed by atoms with Crippen LogP contribution in [0.1, 0.15) is 12.8 Å². The number of aromatic nitrogens is 3. The van der Waals surface area contributed by atoms with E-state index in [1.807, 2.05) is 0 Å². The third-order valence-electron chi connectivity index (χ3n) is 3.14. The van der Waals surface area contributed by atoms with E-state index in [1.165, 1.54) is 18.1 Å². The number of methoxy groups -OCH3 is 1. The van der Waals surface area contributed by atoms with Crippen LogP contribution in [0.3, 0.4) is 0 Å². The molecule has 1 aliphatic rings. The molecule has 2 N–H and O–H groups in total. The predicted molar refractivity (Wildman–Crippen MR) is 65.8 cm³/mol. The van der Waals surface area contributed by atoms with E-state index in [1.54, 1.807) is 4.90 Å². The lowest BCUT2D eigenvalue weighted by Gasteiger charge is -2.31. The van der Waals surface area contributed by atoms with Crippen LogP contribution in [-0.2, 0) is 20.9 Å². The number of amides is 1. The molecule has 0 aliphatic carbocycles. The number of hydrogen-bond acceptors (Lipinski definition) is 6. The van der Waals surface area contributed by atoms with E-state index in [-0.39, 0.29) is 30.2 Å². The standard InChI is InChI=1S/C11H17N5O3/c1-19-11(18)8-3-2-4-15(6-8)10(17)7-16-13-5-9(12)14-16/h5,8H,2-4,6-7H2,1H3,(H2,12,14). The van der Waals surface area contributed by atoms with Gasteiger partial charge in [-0.2, -0.15) is 9.90 Å². The maximum Gasteiger partial charge on any atom is 0.310 e. The number of ether oxygens (including phenoxy) is 1. The Morgan fingerprint density at radius 2 is 2.37 bits per heavy atom. The monoisotopic (exact) mass is 267 g/mol. The largest absolute Gasteiger partial charge is 0.469 e. The first-order chi connectivity index (χ1) is 9.10. The summed E-state index contributed by atoms with van der Waals surface area (Å²) in [5.41, 5.74) is 5.43. The maximum absolute atomic E-state index is 12.1. The smallest absolute Gasteiger partial charge is 0.310 e. The van der Waals surface area contributed by atoms with Gasteiger partial charge < -0.3 is 15.4 Å². The molecular formula is C11H17N5O3. The summed E-state index contributed by atoms with van der Waals surface area (Å²) in [7, 11) is 1.36. The number of esters is 1. The summed E-state index contributed by atoms with van der Waals surface area (Å²) in [5.74, 6) is -0.347. The molecule has 2 rings (SSSR count). The van der Waals surface area contributed by atoms with Crippen LogP contribution in [0.5, 0.6) is 0 Å². The normalized spacial score (nSPS) is 19.2. The quantitative estimate of drug-likeness (QED) is 0.724. The number of piperidine rings is 1. The zero-order valence-corrected chi connectivity index (χ0v) is 10.8. The van der Waals surface area contributed by atoms with Gasteiger partial charge in [-0.1, -0.05) is 0 Å². The Morgan fingerprint density at radius 1 is 1.58 bits per heavy atom. The van der Waals surface area contributed by atoms with Crippen molar-refractivity contribution in [1.29, 1.82) is 0 Å². The zero-order valence-electron chi connectivity index (χ0n) is 10.8. The lowest BCUT2D eigenvalue weighted by Crippen LogP contribution is -2.44. The minimum absolute atomic E-state index is 0.0328. The van der Waals surface area contributed by atoms with Crippen LogP contribution in [0, 0.1) is 5.92 Å². The van der Waals surface area contributed by atoms with Gasteiger partial charge in [-0.15, -0.1) is 5.10 Å². The molecule has 0 spiro atoms. The molecule has 104 valence electrons. The molecule has 1 fully saturated rings. The fraction of sp³-hybridized carbons (Fsp3) is 0.636. The highest BCUT2D eigenvalue weighted by Gasteiger charge is 2.29. The Hall–Kier alpha value is -2.12. The zero-order chi connectivity index (χ0) is 13.8. The van der Waals surface area contributed by atoms with Gasteiger partial charge in [0.2, 0.25) is 5.91 Å². The van der Waals surface area contributed by atoms with Crippen molar-refractivity contribution in [2.45, 2.75) is 19.4 Å². The van der Waals surface area contributed by atoms with Gasteiger partial charge >= 0.3 is 5.97 Å². The third kappa shape index (κ3) is 3.21. The van der Waals surface area contributed by atoms with Crippen molar-refractivity contribution < 1.29 is 14.3 Å². The fourth-order valence-electron chi connectivity index (χ4n) is 2.17. The van der Waals surface area contributed by atoms with Crippen LogP contribution in [0.2, 0.25) is 0 Å². The van der Waals surface area contributed by atoms with Gasteiger partial charge in [-0.25, -0.2) is 0 Å². The van der Waals surface area contributed by atoms with Crippen LogP contribution in [-0.4, -0.2) is 52.0 Å². The lowest BCUT2D eigenvalue weighted by molar-refractivity contribution is -0.149. The molecule has 19 heavy (non-hydrogen) atoms. The number of carbonyl (C=O) groups is 2. The van der Waals surface area contributed by atoms with E-state index in [2.05, 4.69) is 10.2 Å². The Balaban J connectivity index is 1.93. The summed E-state index contributed by atoms with van der Waals surface area (Å²) in [6.45, 7) is 1.07. The Labute approximate surface area is 110 Å². The summed E-state index contributed by atoms with van der Waals surface area (Å²) < 4.78 is 4.72. The van der Waals surface area contributed by atoms with Crippen molar-refractivity contribution >= 4 is 17.7 Å². The van der Waals surface area contributed by atoms with Gasteiger partial charge in [0.05, 0.1) is 19.2 Å². The number of nitrogen functional groups attached to an aromatic ring is 1. The summed E-state index contributed by atoms with van der Waals surface area (Å²) >= 11 is 0. The van der Waals surface area contributed by atoms with Crippen LogP contribution in [0.4, 0.5) is 5.82 Å². The van der Waals surface area contributed by atoms with Crippen LogP contribution in [0.15, 0.2) is 6.20 Å². The minimum Gasteiger partial charge on any atom is -0.469 e. The highest BCUT2D eigenvalue weighted by Crippen LogP contribution is 2.17. The van der Waals surface area contributed by atoms with Gasteiger partial charge in [0.25, 0.3) is 0 Å². The third-order valence-corrected chi connectivity index (χ3v) is 3.14. The lowest BCUT2D eigenvalue weighted by atomic mass is 9.98. The first-order valence-electron chi connectivity index (χ1n) is 6.11. The van der Waals surface area contributed by atoms with Crippen LogP contribution < -0.4 is 5.73 Å². The van der Waals surface area contributed by atoms with Gasteiger partial charge in [0, 0.05) is 13.1 Å². The molecule has 0 aromatic carbocycles. The second kappa shape index (κ2) is 5.68. The minimum atomic E-state index is -0.265. The van der Waals surface area contributed by atoms with Crippen molar-refractivity contribution in [1.82, 2.24) is 19.9 Å². The average Bonchev–Trinajstić information content (AvgIpc) is 2.83. The van der Waals surface area contributed by atoms with Gasteiger partial charge in [0.1, 0.15) is 6.54 Å². The van der Waals surface area contributed by atoms with Crippen LogP contribution in [0.25, 0.3) is 0 Å². The average molecular weight is 267 g/mol. The molecule has 1 saturated heterocycles. The predicted octanol–water partition coefficient (Wildman–Crippen LogP) is -0.728. The van der Waals surface area contributed by atoms with Gasteiger partial charge in [-0.3, -0.25) is 9.59 Å². The summed E-state index contributed by atoms with van der Waals surface area (Å²) in [5, 5.41) is 7.72. The molecule has 0 bridgehead atoms. The SMILES string of the molecule is COC(=O)C1CCCN(C(=O)Cn2ncc(N)n2)C1. The van der Waals surface area contributed by atoms with E-state index in [0.717, 1.165) is 12.8 Å². The summed E-state index contributed by atoms with van der Waals surface area (Å²) in [4.78, 5) is 26.4. The van der Waals surface area contributed by atoms with Gasteiger partial charge in [0.15, 0.2) is 5.82 Å². The van der Waals surface area contributed by atoms with Crippen molar-refractivity contribution in [2.24, 2.45) is 5.92 Å². The van der Waals surface area contributed by atoms with Crippen molar-refractivity contribution in [3.63, 3.8) is 0 Å². The number of anilines is 1. The molecular weight excluding hydrogens is 250 g/mol. The molecule has 1 aliphatic heterocycles. The van der Waals surface area contributed by atoms with E-state index < -0.39 is 0 Å². The topological polar surface area (TPSA) is 103 Å². The molecule has 2 heterocycles. The fourth-order valence-corrected chi connectivity index (χ4v) is 2.17. The van der Waals surface area contributed by atoms with E-state index in [0.29, 0.717) is 13.1 Å². The summed E-state index contributed by atoms with van der Waals surface area (Å²) in [6, 6.07) is 0. The molecule has 8 nitrogen and oxygen atoms in total. The van der Waals surface area contributed by atoms with Crippen molar-refractivity contribution in [2.75, 3.05) is 25.9 Å². The number of nitrogens with two attached hydrogens (primary N) is 1. The Kier molecular flexibility index (Phi) is 3.98. The molecule has 1 aromatic heterocycles. The number of rotatable bonds is 3. The summed E-state index contributed by atoms with van der Waals surface area (Å²) in [6.07, 6.45) is 2.93. The Morgan fingerprint density at radius 3 is 3.00 bits per heavy atom. The molecule has 0 radical (unpaired) electrons. The Bertz CT molecular complexity index is 473. The molecule has 1 aromatic rings. The molecule has 1 unspecified atom stereocenters. The second-order valence-electron chi connectivity index (χ2n) is 4.50. The van der Waals surface area contributed by atoms with Crippen molar-refractivity contribution in [3.05, 3.63) is 6.20 Å². The number of likely N-dealkylation sites (tertiary alicyclic amines) is 1.